The molecule has 0 aliphatic heterocycles. The van der Waals surface area contributed by atoms with E-state index in [4.69, 9.17) is 14.2 Å². The quantitative estimate of drug-likeness (QED) is 0.243. The summed E-state index contributed by atoms with van der Waals surface area (Å²) >= 11 is -3.04. The topological polar surface area (TPSA) is 93.9 Å². The average molecular weight is 473 g/mol. The van der Waals surface area contributed by atoms with Gasteiger partial charge in [-0.3, -0.25) is 0 Å². The summed E-state index contributed by atoms with van der Waals surface area (Å²) < 4.78 is 16.4. The Balaban J connectivity index is 2.62. The van der Waals surface area contributed by atoms with Crippen molar-refractivity contribution in [2.24, 2.45) is 0 Å². The van der Waals surface area contributed by atoms with Crippen LogP contribution in [0.4, 0.5) is 0 Å². The van der Waals surface area contributed by atoms with E-state index in [0.717, 1.165) is 7.22 Å². The van der Waals surface area contributed by atoms with E-state index in [0.29, 0.717) is 11.5 Å². The molecule has 0 heterocycles. The van der Waals surface area contributed by atoms with Crippen LogP contribution in [0.5, 0.6) is 11.5 Å². The third kappa shape index (κ3) is 4.59. The summed E-state index contributed by atoms with van der Waals surface area (Å²) in [7, 11) is 3.09. The molecule has 0 N–H and O–H groups in total. The minimum atomic E-state index is -3.04. The van der Waals surface area contributed by atoms with Gasteiger partial charge in [0.15, 0.2) is 0 Å². The predicted molar refractivity (Wildman–Crippen MR) is 96.7 cm³/mol. The minimum absolute atomic E-state index is 0.0769. The first-order chi connectivity index (χ1) is 12.5. The van der Waals surface area contributed by atoms with Gasteiger partial charge in [-0.05, 0) is 0 Å². The van der Waals surface area contributed by atoms with Gasteiger partial charge < -0.3 is 0 Å². The molecule has 2 rings (SSSR count). The van der Waals surface area contributed by atoms with Crippen molar-refractivity contribution in [2.45, 2.75) is 6.92 Å². The Bertz CT molecular complexity index is 726. The number of hydrogen-bond donors (Lipinski definition) is 0. The van der Waals surface area contributed by atoms with E-state index in [-0.39, 0.29) is 10.4 Å². The summed E-state index contributed by atoms with van der Waals surface area (Å²) in [5, 5.41) is 24.0. The fraction of sp³-hybridized carbons (Fsp3) is 0.222. The molecule has 138 valence electrons. The molecular weight excluding hydrogens is 454 g/mol. The van der Waals surface area contributed by atoms with Crippen molar-refractivity contribution in [3.63, 3.8) is 0 Å². The van der Waals surface area contributed by atoms with Gasteiger partial charge in [-0.15, -0.1) is 0 Å². The molecule has 0 aliphatic carbocycles. The van der Waals surface area contributed by atoms with Crippen LogP contribution in [0.15, 0.2) is 58.2 Å². The Hall–Kier alpha value is -2.43. The Morgan fingerprint density at radius 3 is 1.69 bits per heavy atom. The molecule has 0 spiro atoms. The first-order valence-electron chi connectivity index (χ1n) is 7.72. The van der Waals surface area contributed by atoms with Crippen LogP contribution in [-0.2, 0) is 4.74 Å². The van der Waals surface area contributed by atoms with Crippen molar-refractivity contribution in [3.8, 4) is 11.5 Å². The zero-order valence-electron chi connectivity index (χ0n) is 14.6. The molecule has 2 aromatic carbocycles. The van der Waals surface area contributed by atoms with E-state index in [1.807, 2.05) is 0 Å². The Labute approximate surface area is 158 Å². The fourth-order valence-corrected chi connectivity index (χ4v) is 7.66. The average Bonchev–Trinajstić information content (AvgIpc) is 2.66. The summed E-state index contributed by atoms with van der Waals surface area (Å²) in [5.74, 6) is 0.404. The Morgan fingerprint density at radius 1 is 0.962 bits per heavy atom. The summed E-state index contributed by atoms with van der Waals surface area (Å²) in [6.07, 6.45) is 0. The first-order valence-corrected chi connectivity index (χ1v) is 11.2. The summed E-state index contributed by atoms with van der Waals surface area (Å²) in [5.41, 5.74) is 0. The van der Waals surface area contributed by atoms with E-state index in [1.54, 1.807) is 69.7 Å². The fourth-order valence-electron chi connectivity index (χ4n) is 2.21. The second kappa shape index (κ2) is 9.32. The molecule has 0 amide bonds. The zero-order chi connectivity index (χ0) is 19.1. The number of nitrogens with zero attached hydrogens (tertiary/aromatic N) is 1. The molecule has 0 saturated heterocycles. The molecule has 26 heavy (non-hydrogen) atoms. The van der Waals surface area contributed by atoms with Gasteiger partial charge in [-0.2, -0.15) is 0 Å². The third-order valence-electron chi connectivity index (χ3n) is 3.40. The van der Waals surface area contributed by atoms with Crippen LogP contribution in [0.2, 0.25) is 0 Å². The van der Waals surface area contributed by atoms with Crippen LogP contribution in [0.3, 0.4) is 0 Å². The maximum absolute atomic E-state index is 12.3. The van der Waals surface area contributed by atoms with Gasteiger partial charge in [0.25, 0.3) is 0 Å². The molecule has 0 fully saturated rings. The normalized spacial score (nSPS) is 11.7. The monoisotopic (exact) mass is 475 g/mol. The van der Waals surface area contributed by atoms with Crippen molar-refractivity contribution >= 4 is 26.8 Å². The SMILES string of the molecule is CCO/C([O-])=C(\[N+](=O)[O-])[Te+](c1ccc(OC)cc1)c1ccc(OC)cc1. The molecule has 0 bridgehead atoms. The second-order valence-corrected chi connectivity index (χ2v) is 10.5. The molecule has 0 radical (unpaired) electrons. The van der Waals surface area contributed by atoms with Crippen LogP contribution >= 0.6 is 0 Å². The number of hydrogen-bond acceptors (Lipinski definition) is 6. The standard InChI is InChI=1S/C18H19NO6Te/c1-4-25-18(20)17(19(21)22)26(15-9-5-13(23-2)6-10-15)16-11-7-14(24-3)8-12-16/h5-12H,4H2,1-3H3/b18-17+. The number of methoxy groups -OCH3 is 2. The third-order valence-corrected chi connectivity index (χ3v) is 9.65. The van der Waals surface area contributed by atoms with Crippen molar-refractivity contribution in [1.29, 1.82) is 0 Å². The molecule has 0 aromatic heterocycles. The van der Waals surface area contributed by atoms with Gasteiger partial charge >= 0.3 is 159 Å². The molecule has 0 saturated carbocycles. The van der Waals surface area contributed by atoms with E-state index in [9.17, 15) is 15.2 Å². The van der Waals surface area contributed by atoms with Crippen LogP contribution in [0.1, 0.15) is 6.92 Å². The number of rotatable bonds is 8. The van der Waals surface area contributed by atoms with Gasteiger partial charge in [-0.1, -0.05) is 0 Å². The molecule has 2 aromatic rings. The summed E-state index contributed by atoms with van der Waals surface area (Å²) in [6, 6.07) is 14.0. The number of ether oxygens (including phenoxy) is 3. The molecule has 8 heteroatoms. The number of benzene rings is 2. The van der Waals surface area contributed by atoms with Gasteiger partial charge in [0.1, 0.15) is 0 Å². The van der Waals surface area contributed by atoms with Gasteiger partial charge in [0.05, 0.1) is 0 Å². The van der Waals surface area contributed by atoms with E-state index >= 15 is 0 Å². The zero-order valence-corrected chi connectivity index (χ0v) is 17.0. The van der Waals surface area contributed by atoms with Crippen molar-refractivity contribution in [2.75, 3.05) is 20.8 Å². The van der Waals surface area contributed by atoms with E-state index < -0.39 is 30.4 Å². The van der Waals surface area contributed by atoms with Gasteiger partial charge in [0, 0.05) is 0 Å². The Morgan fingerprint density at radius 2 is 1.38 bits per heavy atom. The summed E-state index contributed by atoms with van der Waals surface area (Å²) in [6.45, 7) is 1.70. The predicted octanol–water partition coefficient (Wildman–Crippen LogP) is 0.695. The van der Waals surface area contributed by atoms with Gasteiger partial charge in [-0.25, -0.2) is 0 Å². The van der Waals surface area contributed by atoms with Crippen LogP contribution < -0.4 is 21.8 Å². The molecule has 7 nitrogen and oxygen atoms in total. The number of nitro groups is 1. The second-order valence-electron chi connectivity index (χ2n) is 4.94. The van der Waals surface area contributed by atoms with Gasteiger partial charge in [0.2, 0.25) is 0 Å². The maximum atomic E-state index is 12.3. The summed E-state index contributed by atoms with van der Waals surface area (Å²) in [4.78, 5) is 11.1. The van der Waals surface area contributed by atoms with E-state index in [2.05, 4.69) is 0 Å². The van der Waals surface area contributed by atoms with Crippen molar-refractivity contribution in [1.82, 2.24) is 0 Å². The molecule has 0 aliphatic rings. The van der Waals surface area contributed by atoms with Crippen LogP contribution in [0.25, 0.3) is 0 Å². The van der Waals surface area contributed by atoms with Crippen LogP contribution in [0, 0.1) is 10.1 Å². The van der Waals surface area contributed by atoms with Crippen molar-refractivity contribution < 1.29 is 24.2 Å². The van der Waals surface area contributed by atoms with E-state index in [1.165, 1.54) is 0 Å². The molecule has 0 unspecified atom stereocenters. The Kier molecular flexibility index (Phi) is 7.13. The molecule has 0 atom stereocenters. The van der Waals surface area contributed by atoms with Crippen LogP contribution in [-0.4, -0.2) is 45.3 Å². The first kappa shape index (κ1) is 19.9. The molecular formula is C18H19NO6Te. The van der Waals surface area contributed by atoms with Crippen molar-refractivity contribution in [3.05, 3.63) is 68.3 Å².